The summed E-state index contributed by atoms with van der Waals surface area (Å²) < 4.78 is 14.4. The molecule has 5 heteroatoms. The van der Waals surface area contributed by atoms with Crippen molar-refractivity contribution in [2.24, 2.45) is 0 Å². The molecular weight excluding hydrogens is 235 g/mol. The van der Waals surface area contributed by atoms with E-state index < -0.39 is 5.97 Å². The summed E-state index contributed by atoms with van der Waals surface area (Å²) in [6.45, 7) is 3.81. The number of aromatic carboxylic acids is 1. The molecule has 0 radical (unpaired) electrons. The van der Waals surface area contributed by atoms with Gasteiger partial charge in [-0.25, -0.2) is 9.18 Å². The number of hydrogen-bond acceptors (Lipinski definition) is 2. The average Bonchev–Trinajstić information content (AvgIpc) is 2.57. The lowest BCUT2D eigenvalue weighted by Gasteiger charge is -2.04. The van der Waals surface area contributed by atoms with Gasteiger partial charge in [-0.3, -0.25) is 4.68 Å². The maximum Gasteiger partial charge on any atom is 0.339 e. The quantitative estimate of drug-likeness (QED) is 0.907. The van der Waals surface area contributed by atoms with Crippen LogP contribution in [-0.2, 0) is 6.54 Å². The minimum absolute atomic E-state index is 0.233. The standard InChI is InChI=1S/C13H13FN2O2/c1-8-12(13(17)18)9(2)16(15-8)7-10-3-5-11(14)6-4-10/h3-6H,7H2,1-2H3,(H,17,18). The summed E-state index contributed by atoms with van der Waals surface area (Å²) >= 11 is 0. The van der Waals surface area contributed by atoms with Crippen molar-refractivity contribution in [1.82, 2.24) is 9.78 Å². The van der Waals surface area contributed by atoms with E-state index in [1.165, 1.54) is 12.1 Å². The third kappa shape index (κ3) is 2.25. The van der Waals surface area contributed by atoms with Crippen molar-refractivity contribution in [2.45, 2.75) is 20.4 Å². The van der Waals surface area contributed by atoms with Crippen LogP contribution < -0.4 is 0 Å². The Hall–Kier alpha value is -2.17. The van der Waals surface area contributed by atoms with Gasteiger partial charge in [0.15, 0.2) is 0 Å². The first-order chi connectivity index (χ1) is 8.49. The van der Waals surface area contributed by atoms with Gasteiger partial charge in [0.1, 0.15) is 11.4 Å². The molecule has 0 bridgehead atoms. The second kappa shape index (κ2) is 4.60. The molecule has 0 aliphatic heterocycles. The zero-order chi connectivity index (χ0) is 13.3. The van der Waals surface area contributed by atoms with Gasteiger partial charge < -0.3 is 5.11 Å². The van der Waals surface area contributed by atoms with Crippen LogP contribution in [0.5, 0.6) is 0 Å². The number of nitrogens with zero attached hydrogens (tertiary/aromatic N) is 2. The Labute approximate surface area is 104 Å². The molecule has 94 valence electrons. The van der Waals surface area contributed by atoms with Crippen molar-refractivity contribution < 1.29 is 14.3 Å². The maximum atomic E-state index is 12.8. The minimum Gasteiger partial charge on any atom is -0.478 e. The fraction of sp³-hybridized carbons (Fsp3) is 0.231. The highest BCUT2D eigenvalue weighted by Crippen LogP contribution is 2.14. The summed E-state index contributed by atoms with van der Waals surface area (Å²) in [5, 5.41) is 13.3. The van der Waals surface area contributed by atoms with Crippen LogP contribution in [0.15, 0.2) is 24.3 Å². The summed E-state index contributed by atoms with van der Waals surface area (Å²) in [6.07, 6.45) is 0. The largest absolute Gasteiger partial charge is 0.478 e. The fourth-order valence-electron chi connectivity index (χ4n) is 1.92. The van der Waals surface area contributed by atoms with Crippen LogP contribution in [0, 0.1) is 19.7 Å². The molecule has 0 amide bonds. The molecule has 0 aliphatic carbocycles. The molecule has 0 unspecified atom stereocenters. The van der Waals surface area contributed by atoms with Crippen molar-refractivity contribution in [3.63, 3.8) is 0 Å². The summed E-state index contributed by atoms with van der Waals surface area (Å²) in [5.74, 6) is -1.27. The maximum absolute atomic E-state index is 12.8. The molecule has 1 aromatic carbocycles. The van der Waals surface area contributed by atoms with Crippen molar-refractivity contribution in [2.75, 3.05) is 0 Å². The van der Waals surface area contributed by atoms with E-state index in [2.05, 4.69) is 5.10 Å². The number of carbonyl (C=O) groups is 1. The molecule has 0 spiro atoms. The molecule has 1 heterocycles. The molecule has 18 heavy (non-hydrogen) atoms. The smallest absolute Gasteiger partial charge is 0.339 e. The molecule has 0 atom stereocenters. The highest BCUT2D eigenvalue weighted by Gasteiger charge is 2.17. The lowest BCUT2D eigenvalue weighted by atomic mass is 10.2. The normalized spacial score (nSPS) is 10.6. The average molecular weight is 248 g/mol. The molecule has 0 saturated carbocycles. The monoisotopic (exact) mass is 248 g/mol. The van der Waals surface area contributed by atoms with Crippen molar-refractivity contribution >= 4 is 5.97 Å². The zero-order valence-electron chi connectivity index (χ0n) is 10.1. The van der Waals surface area contributed by atoms with E-state index in [1.54, 1.807) is 30.7 Å². The zero-order valence-corrected chi connectivity index (χ0v) is 10.1. The number of rotatable bonds is 3. The van der Waals surface area contributed by atoms with Crippen LogP contribution >= 0.6 is 0 Å². The second-order valence-corrected chi connectivity index (χ2v) is 4.14. The summed E-state index contributed by atoms with van der Waals surface area (Å²) in [6, 6.07) is 6.07. The molecule has 0 saturated heterocycles. The first kappa shape index (κ1) is 12.3. The van der Waals surface area contributed by atoms with Gasteiger partial charge in [-0.15, -0.1) is 0 Å². The fourth-order valence-corrected chi connectivity index (χ4v) is 1.92. The highest BCUT2D eigenvalue weighted by atomic mass is 19.1. The first-order valence-electron chi connectivity index (χ1n) is 5.51. The number of hydrogen-bond donors (Lipinski definition) is 1. The number of aromatic nitrogens is 2. The Balaban J connectivity index is 2.33. The van der Waals surface area contributed by atoms with E-state index in [0.717, 1.165) is 5.56 Å². The SMILES string of the molecule is Cc1nn(Cc2ccc(F)cc2)c(C)c1C(=O)O. The number of aryl methyl sites for hydroxylation is 1. The molecule has 1 N–H and O–H groups in total. The van der Waals surface area contributed by atoms with E-state index >= 15 is 0 Å². The summed E-state index contributed by atoms with van der Waals surface area (Å²) in [4.78, 5) is 11.1. The van der Waals surface area contributed by atoms with E-state index in [0.29, 0.717) is 17.9 Å². The predicted octanol–water partition coefficient (Wildman–Crippen LogP) is 2.39. The van der Waals surface area contributed by atoms with Crippen LogP contribution in [0.4, 0.5) is 4.39 Å². The van der Waals surface area contributed by atoms with Crippen LogP contribution in [0.2, 0.25) is 0 Å². The Bertz CT molecular complexity index is 588. The molecule has 4 nitrogen and oxygen atoms in total. The number of halogens is 1. The molecule has 0 fully saturated rings. The van der Waals surface area contributed by atoms with Gasteiger partial charge in [0.25, 0.3) is 0 Å². The Morgan fingerprint density at radius 1 is 1.33 bits per heavy atom. The van der Waals surface area contributed by atoms with Crippen LogP contribution in [0.1, 0.15) is 27.3 Å². The van der Waals surface area contributed by atoms with E-state index in [4.69, 9.17) is 5.11 Å². The predicted molar refractivity (Wildman–Crippen MR) is 64.2 cm³/mol. The Morgan fingerprint density at radius 2 is 1.94 bits per heavy atom. The van der Waals surface area contributed by atoms with Gasteiger partial charge in [0.05, 0.1) is 17.9 Å². The Morgan fingerprint density at radius 3 is 2.44 bits per heavy atom. The highest BCUT2D eigenvalue weighted by molar-refractivity contribution is 5.90. The lowest BCUT2D eigenvalue weighted by molar-refractivity contribution is 0.0695. The second-order valence-electron chi connectivity index (χ2n) is 4.14. The third-order valence-corrected chi connectivity index (χ3v) is 2.84. The number of carboxylic acids is 1. The van der Waals surface area contributed by atoms with E-state index in [9.17, 15) is 9.18 Å². The van der Waals surface area contributed by atoms with Crippen molar-refractivity contribution in [1.29, 1.82) is 0 Å². The third-order valence-electron chi connectivity index (χ3n) is 2.84. The molecular formula is C13H13FN2O2. The van der Waals surface area contributed by atoms with Crippen molar-refractivity contribution in [3.05, 3.63) is 52.6 Å². The van der Waals surface area contributed by atoms with Gasteiger partial charge in [-0.1, -0.05) is 12.1 Å². The van der Waals surface area contributed by atoms with E-state index in [1.807, 2.05) is 0 Å². The topological polar surface area (TPSA) is 55.1 Å². The molecule has 1 aromatic heterocycles. The number of carboxylic acid groups (broad SMARTS) is 1. The van der Waals surface area contributed by atoms with Crippen LogP contribution in [-0.4, -0.2) is 20.9 Å². The van der Waals surface area contributed by atoms with Gasteiger partial charge in [-0.2, -0.15) is 5.10 Å². The molecule has 2 aromatic rings. The van der Waals surface area contributed by atoms with E-state index in [-0.39, 0.29) is 11.4 Å². The van der Waals surface area contributed by atoms with Gasteiger partial charge >= 0.3 is 5.97 Å². The van der Waals surface area contributed by atoms with Gasteiger partial charge in [0, 0.05) is 0 Å². The van der Waals surface area contributed by atoms with Gasteiger partial charge in [-0.05, 0) is 31.5 Å². The summed E-state index contributed by atoms with van der Waals surface area (Å²) in [7, 11) is 0. The number of benzene rings is 1. The molecule has 2 rings (SSSR count). The lowest BCUT2D eigenvalue weighted by Crippen LogP contribution is -2.05. The summed E-state index contributed by atoms with van der Waals surface area (Å²) in [5.41, 5.74) is 2.20. The van der Waals surface area contributed by atoms with Crippen molar-refractivity contribution in [3.8, 4) is 0 Å². The van der Waals surface area contributed by atoms with Crippen LogP contribution in [0.25, 0.3) is 0 Å². The van der Waals surface area contributed by atoms with Crippen LogP contribution in [0.3, 0.4) is 0 Å². The Kier molecular flexibility index (Phi) is 3.14. The van der Waals surface area contributed by atoms with Gasteiger partial charge in [0.2, 0.25) is 0 Å². The first-order valence-corrected chi connectivity index (χ1v) is 5.51. The minimum atomic E-state index is -0.977. The molecule has 0 aliphatic rings.